The Bertz CT molecular complexity index is 1310. The van der Waals surface area contributed by atoms with Crippen molar-refractivity contribution in [3.05, 3.63) is 77.1 Å². The molecule has 5 rings (SSSR count). The summed E-state index contributed by atoms with van der Waals surface area (Å²) in [4.78, 5) is 44.5. The van der Waals surface area contributed by atoms with Crippen LogP contribution in [0.1, 0.15) is 35.7 Å². The SMILES string of the molecule is C[C@H]1CN(C(=O)c2ccc(-n3cccn3)cc2Cl)c2ccccc2CN1C(=O)NCC(=O)N1CCCC1. The number of carbonyl (C=O) groups excluding carboxylic acids is 3. The van der Waals surface area contributed by atoms with Crippen LogP contribution in [0.5, 0.6) is 0 Å². The van der Waals surface area contributed by atoms with Gasteiger partial charge in [0.2, 0.25) is 5.91 Å². The molecule has 9 nitrogen and oxygen atoms in total. The number of aromatic nitrogens is 2. The van der Waals surface area contributed by atoms with Crippen LogP contribution in [0.15, 0.2) is 60.9 Å². The number of nitrogens with zero attached hydrogens (tertiary/aromatic N) is 5. The number of carbonyl (C=O) groups is 3. The lowest BCUT2D eigenvalue weighted by Gasteiger charge is -2.29. The summed E-state index contributed by atoms with van der Waals surface area (Å²) in [5.41, 5.74) is 2.69. The van der Waals surface area contributed by atoms with E-state index in [4.69, 9.17) is 11.6 Å². The molecular weight excluding hydrogens is 492 g/mol. The van der Waals surface area contributed by atoms with Crippen LogP contribution in [0.4, 0.5) is 10.5 Å². The Morgan fingerprint density at radius 3 is 2.59 bits per heavy atom. The number of fused-ring (bicyclic) bond motifs is 1. The number of hydrogen-bond donors (Lipinski definition) is 1. The topological polar surface area (TPSA) is 90.8 Å². The summed E-state index contributed by atoms with van der Waals surface area (Å²) in [6.07, 6.45) is 5.48. The Balaban J connectivity index is 1.36. The fraction of sp³-hybridized carbons (Fsp3) is 0.333. The number of likely N-dealkylation sites (tertiary alicyclic amines) is 1. The summed E-state index contributed by atoms with van der Waals surface area (Å²) in [5, 5.41) is 7.32. The van der Waals surface area contributed by atoms with Crippen molar-refractivity contribution >= 4 is 35.1 Å². The monoisotopic (exact) mass is 520 g/mol. The molecule has 0 saturated carbocycles. The lowest BCUT2D eigenvalue weighted by atomic mass is 10.1. The third-order valence-electron chi connectivity index (χ3n) is 6.91. The molecule has 0 unspecified atom stereocenters. The first-order chi connectivity index (χ1) is 17.9. The first-order valence-electron chi connectivity index (χ1n) is 12.4. The van der Waals surface area contributed by atoms with Crippen LogP contribution in [0, 0.1) is 0 Å². The number of rotatable bonds is 4. The number of nitrogens with one attached hydrogen (secondary N) is 1. The van der Waals surface area contributed by atoms with E-state index < -0.39 is 0 Å². The lowest BCUT2D eigenvalue weighted by Crippen LogP contribution is -2.50. The zero-order chi connectivity index (χ0) is 25.9. The molecule has 0 aliphatic carbocycles. The van der Waals surface area contributed by atoms with Crippen LogP contribution >= 0.6 is 11.6 Å². The van der Waals surface area contributed by atoms with E-state index in [0.29, 0.717) is 17.1 Å². The van der Waals surface area contributed by atoms with E-state index in [1.165, 1.54) is 0 Å². The van der Waals surface area contributed by atoms with Gasteiger partial charge in [0.1, 0.15) is 0 Å². The second kappa shape index (κ2) is 10.6. The van der Waals surface area contributed by atoms with Gasteiger partial charge in [-0.2, -0.15) is 5.10 Å². The quantitative estimate of drug-likeness (QED) is 0.568. The Kier molecular flexibility index (Phi) is 7.14. The summed E-state index contributed by atoms with van der Waals surface area (Å²) < 4.78 is 1.68. The first-order valence-corrected chi connectivity index (χ1v) is 12.8. The molecule has 1 N–H and O–H groups in total. The molecule has 4 amide bonds. The fourth-order valence-corrected chi connectivity index (χ4v) is 5.15. The molecule has 1 saturated heterocycles. The van der Waals surface area contributed by atoms with E-state index in [-0.39, 0.29) is 37.0 Å². The van der Waals surface area contributed by atoms with Crippen LogP contribution < -0.4 is 10.2 Å². The number of benzene rings is 2. The van der Waals surface area contributed by atoms with Gasteiger partial charge in [-0.05, 0) is 55.7 Å². The van der Waals surface area contributed by atoms with Gasteiger partial charge in [-0.25, -0.2) is 9.48 Å². The van der Waals surface area contributed by atoms with Crippen molar-refractivity contribution < 1.29 is 14.4 Å². The normalized spacial score (nSPS) is 17.4. The highest BCUT2D eigenvalue weighted by Crippen LogP contribution is 2.30. The minimum atomic E-state index is -0.328. The molecule has 0 spiro atoms. The van der Waals surface area contributed by atoms with E-state index in [0.717, 1.165) is 42.9 Å². The predicted molar refractivity (Wildman–Crippen MR) is 141 cm³/mol. The summed E-state index contributed by atoms with van der Waals surface area (Å²) >= 11 is 6.57. The third kappa shape index (κ3) is 5.17. The summed E-state index contributed by atoms with van der Waals surface area (Å²) in [7, 11) is 0. The zero-order valence-corrected chi connectivity index (χ0v) is 21.4. The lowest BCUT2D eigenvalue weighted by molar-refractivity contribution is -0.129. The number of halogens is 1. The van der Waals surface area contributed by atoms with Crippen molar-refractivity contribution in [1.82, 2.24) is 24.9 Å². The van der Waals surface area contributed by atoms with Gasteiger partial charge >= 0.3 is 6.03 Å². The highest BCUT2D eigenvalue weighted by atomic mass is 35.5. The number of para-hydroxylation sites is 1. The van der Waals surface area contributed by atoms with Crippen LogP contribution in [-0.4, -0.2) is 69.6 Å². The minimum absolute atomic E-state index is 0.0371. The van der Waals surface area contributed by atoms with E-state index >= 15 is 0 Å². The maximum Gasteiger partial charge on any atom is 0.318 e. The number of anilines is 1. The zero-order valence-electron chi connectivity index (χ0n) is 20.6. The van der Waals surface area contributed by atoms with Gasteiger partial charge in [-0.1, -0.05) is 29.8 Å². The molecule has 1 atom stereocenters. The molecule has 0 bridgehead atoms. The van der Waals surface area contributed by atoms with E-state index in [2.05, 4.69) is 10.4 Å². The van der Waals surface area contributed by atoms with Crippen molar-refractivity contribution in [3.63, 3.8) is 0 Å². The van der Waals surface area contributed by atoms with Crippen molar-refractivity contribution in [2.24, 2.45) is 0 Å². The van der Waals surface area contributed by atoms with E-state index in [1.54, 1.807) is 50.0 Å². The van der Waals surface area contributed by atoms with Gasteiger partial charge in [0, 0.05) is 50.3 Å². The molecule has 3 aromatic rings. The number of amides is 4. The molecule has 192 valence electrons. The van der Waals surface area contributed by atoms with Gasteiger partial charge in [-0.15, -0.1) is 0 Å². The molecule has 1 fully saturated rings. The van der Waals surface area contributed by atoms with Gasteiger partial charge < -0.3 is 20.0 Å². The molecule has 10 heteroatoms. The average Bonchev–Trinajstić information content (AvgIpc) is 3.61. The molecule has 3 heterocycles. The molecule has 2 aromatic carbocycles. The standard InChI is InChI=1S/C27H29ClN6O3/c1-19-17-33(26(36)22-10-9-21(15-23(22)28)34-14-6-11-30-34)24-8-3-2-7-20(24)18-32(19)27(37)29-16-25(35)31-12-4-5-13-31/h2-3,6-11,14-15,19H,4-5,12-13,16-18H2,1H3,(H,29,37)/t19-/m0/s1. The number of urea groups is 1. The van der Waals surface area contributed by atoms with Gasteiger partial charge in [0.05, 0.1) is 22.8 Å². The molecule has 1 aromatic heterocycles. The van der Waals surface area contributed by atoms with E-state index in [9.17, 15) is 14.4 Å². The van der Waals surface area contributed by atoms with Crippen molar-refractivity contribution in [2.75, 3.05) is 31.1 Å². The summed E-state index contributed by atoms with van der Waals surface area (Å²) in [6, 6.07) is 13.9. The highest BCUT2D eigenvalue weighted by Gasteiger charge is 2.32. The highest BCUT2D eigenvalue weighted by molar-refractivity contribution is 6.34. The Morgan fingerprint density at radius 1 is 1.08 bits per heavy atom. The van der Waals surface area contributed by atoms with Crippen LogP contribution in [0.25, 0.3) is 5.69 Å². The van der Waals surface area contributed by atoms with Crippen molar-refractivity contribution in [2.45, 2.75) is 32.4 Å². The van der Waals surface area contributed by atoms with Gasteiger partial charge in [-0.3, -0.25) is 9.59 Å². The van der Waals surface area contributed by atoms with Gasteiger partial charge in [0.15, 0.2) is 0 Å². The Labute approximate surface area is 220 Å². The Morgan fingerprint density at radius 2 is 1.86 bits per heavy atom. The summed E-state index contributed by atoms with van der Waals surface area (Å²) in [6.45, 7) is 3.94. The van der Waals surface area contributed by atoms with Crippen LogP contribution in [0.3, 0.4) is 0 Å². The van der Waals surface area contributed by atoms with Crippen LogP contribution in [0.2, 0.25) is 5.02 Å². The predicted octanol–water partition coefficient (Wildman–Crippen LogP) is 3.71. The minimum Gasteiger partial charge on any atom is -0.341 e. The maximum atomic E-state index is 13.8. The second-order valence-electron chi connectivity index (χ2n) is 9.38. The van der Waals surface area contributed by atoms with Crippen LogP contribution in [-0.2, 0) is 11.3 Å². The third-order valence-corrected chi connectivity index (χ3v) is 7.22. The largest absolute Gasteiger partial charge is 0.341 e. The first kappa shape index (κ1) is 24.8. The molecule has 2 aliphatic heterocycles. The summed E-state index contributed by atoms with van der Waals surface area (Å²) in [5.74, 6) is -0.318. The van der Waals surface area contributed by atoms with Crippen molar-refractivity contribution in [3.8, 4) is 5.69 Å². The molecule has 37 heavy (non-hydrogen) atoms. The molecular formula is C27H29ClN6O3. The fourth-order valence-electron chi connectivity index (χ4n) is 4.89. The Hall–Kier alpha value is -3.85. The maximum absolute atomic E-state index is 13.8. The second-order valence-corrected chi connectivity index (χ2v) is 9.79. The van der Waals surface area contributed by atoms with Gasteiger partial charge in [0.25, 0.3) is 5.91 Å². The average molecular weight is 521 g/mol. The smallest absolute Gasteiger partial charge is 0.318 e. The molecule has 2 aliphatic rings. The number of hydrogen-bond acceptors (Lipinski definition) is 4. The van der Waals surface area contributed by atoms with Crippen molar-refractivity contribution in [1.29, 1.82) is 0 Å². The van der Waals surface area contributed by atoms with E-state index in [1.807, 2.05) is 37.3 Å². The molecule has 0 radical (unpaired) electrons.